The molecule has 2 aliphatic rings. The van der Waals surface area contributed by atoms with Crippen LogP contribution in [0.4, 0.5) is 5.82 Å². The Morgan fingerprint density at radius 3 is 2.62 bits per heavy atom. The Kier molecular flexibility index (Phi) is 8.96. The molecule has 29 heavy (non-hydrogen) atoms. The maximum Gasteiger partial charge on any atom is 0.226 e. The van der Waals surface area contributed by atoms with Crippen molar-refractivity contribution in [1.82, 2.24) is 20.2 Å². The Bertz CT molecular complexity index is 787. The Labute approximate surface area is 188 Å². The van der Waals surface area contributed by atoms with Gasteiger partial charge in [-0.25, -0.2) is 4.98 Å². The van der Waals surface area contributed by atoms with Crippen LogP contribution in [0.2, 0.25) is 5.02 Å². The Morgan fingerprint density at radius 1 is 1.14 bits per heavy atom. The third-order valence-corrected chi connectivity index (χ3v) is 5.71. The number of rotatable bonds is 3. The first-order valence-corrected chi connectivity index (χ1v) is 9.88. The van der Waals surface area contributed by atoms with Crippen molar-refractivity contribution in [2.24, 2.45) is 5.92 Å². The average molecular weight is 459 g/mol. The zero-order chi connectivity index (χ0) is 18.6. The fourth-order valence-electron chi connectivity index (χ4n) is 4.02. The SMILES string of the molecule is Cl.Cl.O=C(C1CCN(c2cnccn2)CC1)N1CCNCC1c1cccc(Cl)c1. The molecule has 0 bridgehead atoms. The molecular formula is C20H26Cl3N5O. The van der Waals surface area contributed by atoms with Crippen LogP contribution in [0, 0.1) is 5.92 Å². The summed E-state index contributed by atoms with van der Waals surface area (Å²) in [4.78, 5) is 26.1. The quantitative estimate of drug-likeness (QED) is 0.764. The van der Waals surface area contributed by atoms with Crippen LogP contribution in [-0.2, 0) is 4.79 Å². The lowest BCUT2D eigenvalue weighted by Gasteiger charge is -2.40. The molecule has 0 spiro atoms. The highest BCUT2D eigenvalue weighted by atomic mass is 35.5. The molecular weight excluding hydrogens is 433 g/mol. The van der Waals surface area contributed by atoms with Crippen LogP contribution in [0.3, 0.4) is 0 Å². The maximum absolute atomic E-state index is 13.3. The van der Waals surface area contributed by atoms with E-state index < -0.39 is 0 Å². The van der Waals surface area contributed by atoms with Gasteiger partial charge in [0.25, 0.3) is 0 Å². The molecule has 6 nitrogen and oxygen atoms in total. The summed E-state index contributed by atoms with van der Waals surface area (Å²) in [7, 11) is 0. The summed E-state index contributed by atoms with van der Waals surface area (Å²) < 4.78 is 0. The molecule has 4 rings (SSSR count). The van der Waals surface area contributed by atoms with E-state index in [-0.39, 0.29) is 42.7 Å². The molecule has 1 atom stereocenters. The van der Waals surface area contributed by atoms with Crippen LogP contribution in [0.1, 0.15) is 24.4 Å². The molecule has 0 saturated carbocycles. The summed E-state index contributed by atoms with van der Waals surface area (Å²) in [5, 5.41) is 4.12. The van der Waals surface area contributed by atoms with Crippen LogP contribution in [0.15, 0.2) is 42.9 Å². The van der Waals surface area contributed by atoms with Crippen molar-refractivity contribution in [2.45, 2.75) is 18.9 Å². The van der Waals surface area contributed by atoms with Gasteiger partial charge in [-0.15, -0.1) is 24.8 Å². The summed E-state index contributed by atoms with van der Waals surface area (Å²) in [6.45, 7) is 4.01. The number of benzene rings is 1. The predicted octanol–water partition coefficient (Wildman–Crippen LogP) is 3.36. The smallest absolute Gasteiger partial charge is 0.226 e. The minimum Gasteiger partial charge on any atom is -0.355 e. The van der Waals surface area contributed by atoms with Crippen molar-refractivity contribution in [2.75, 3.05) is 37.6 Å². The third kappa shape index (κ3) is 5.51. The highest BCUT2D eigenvalue weighted by Gasteiger charge is 2.34. The van der Waals surface area contributed by atoms with Crippen LogP contribution in [0.25, 0.3) is 0 Å². The molecule has 0 radical (unpaired) electrons. The number of halogens is 3. The molecule has 2 aliphatic heterocycles. The number of piperazine rings is 1. The topological polar surface area (TPSA) is 61.4 Å². The van der Waals surface area contributed by atoms with Gasteiger partial charge in [0, 0.05) is 56.1 Å². The lowest BCUT2D eigenvalue weighted by molar-refractivity contribution is -0.139. The predicted molar refractivity (Wildman–Crippen MR) is 120 cm³/mol. The van der Waals surface area contributed by atoms with E-state index in [9.17, 15) is 4.79 Å². The first-order chi connectivity index (χ1) is 13.2. The fraction of sp³-hybridized carbons (Fsp3) is 0.450. The first-order valence-electron chi connectivity index (χ1n) is 9.50. The average Bonchev–Trinajstić information content (AvgIpc) is 2.74. The van der Waals surface area contributed by atoms with Gasteiger partial charge in [0.05, 0.1) is 12.2 Å². The van der Waals surface area contributed by atoms with Crippen molar-refractivity contribution >= 4 is 48.1 Å². The van der Waals surface area contributed by atoms with E-state index in [1.165, 1.54) is 0 Å². The number of carbonyl (C=O) groups is 1. The van der Waals surface area contributed by atoms with Gasteiger partial charge >= 0.3 is 0 Å². The standard InChI is InChI=1S/C20H24ClN5O.2ClH/c21-17-3-1-2-16(12-17)18-13-23-8-11-26(18)20(27)15-4-9-25(10-5-15)19-14-22-6-7-24-19;;/h1-3,6-7,12,14-15,18,23H,4-5,8-11,13H2;2*1H. The van der Waals surface area contributed by atoms with Gasteiger partial charge in [-0.1, -0.05) is 23.7 Å². The van der Waals surface area contributed by atoms with Gasteiger partial charge in [-0.3, -0.25) is 9.78 Å². The fourth-order valence-corrected chi connectivity index (χ4v) is 4.22. The third-order valence-electron chi connectivity index (χ3n) is 5.48. The second-order valence-electron chi connectivity index (χ2n) is 7.13. The Hall–Kier alpha value is -1.60. The van der Waals surface area contributed by atoms with E-state index in [0.717, 1.165) is 56.9 Å². The molecule has 1 amide bonds. The number of anilines is 1. The van der Waals surface area contributed by atoms with Crippen molar-refractivity contribution in [3.63, 3.8) is 0 Å². The first kappa shape index (κ1) is 23.7. The lowest BCUT2D eigenvalue weighted by Crippen LogP contribution is -2.51. The number of nitrogens with one attached hydrogen (secondary N) is 1. The van der Waals surface area contributed by atoms with E-state index in [2.05, 4.69) is 26.3 Å². The Morgan fingerprint density at radius 2 is 1.93 bits per heavy atom. The lowest BCUT2D eigenvalue weighted by atomic mass is 9.93. The van der Waals surface area contributed by atoms with Gasteiger partial charge in [-0.05, 0) is 30.5 Å². The van der Waals surface area contributed by atoms with Crippen molar-refractivity contribution in [3.8, 4) is 0 Å². The summed E-state index contributed by atoms with van der Waals surface area (Å²) in [5.74, 6) is 1.22. The number of carbonyl (C=O) groups excluding carboxylic acids is 1. The monoisotopic (exact) mass is 457 g/mol. The van der Waals surface area contributed by atoms with Gasteiger partial charge < -0.3 is 15.1 Å². The normalized spacial score (nSPS) is 19.8. The largest absolute Gasteiger partial charge is 0.355 e. The number of amides is 1. The minimum atomic E-state index is 0. The second kappa shape index (κ2) is 11.0. The van der Waals surface area contributed by atoms with Gasteiger partial charge in [0.15, 0.2) is 0 Å². The molecule has 1 unspecified atom stereocenters. The zero-order valence-corrected chi connectivity index (χ0v) is 18.4. The number of piperidine rings is 1. The van der Waals surface area contributed by atoms with Crippen LogP contribution >= 0.6 is 36.4 Å². The highest BCUT2D eigenvalue weighted by Crippen LogP contribution is 2.29. The summed E-state index contributed by atoms with van der Waals surface area (Å²) in [6.07, 6.45) is 6.87. The van der Waals surface area contributed by atoms with Gasteiger partial charge in [0.1, 0.15) is 5.82 Å². The van der Waals surface area contributed by atoms with Gasteiger partial charge in [0.2, 0.25) is 5.91 Å². The molecule has 2 saturated heterocycles. The highest BCUT2D eigenvalue weighted by molar-refractivity contribution is 6.30. The number of aromatic nitrogens is 2. The molecule has 3 heterocycles. The molecule has 2 aromatic rings. The molecule has 158 valence electrons. The molecule has 0 aliphatic carbocycles. The van der Waals surface area contributed by atoms with E-state index >= 15 is 0 Å². The molecule has 1 N–H and O–H groups in total. The summed E-state index contributed by atoms with van der Waals surface area (Å²) >= 11 is 6.17. The summed E-state index contributed by atoms with van der Waals surface area (Å²) in [6, 6.07) is 7.89. The van der Waals surface area contributed by atoms with E-state index in [1.807, 2.05) is 23.1 Å². The molecule has 1 aromatic heterocycles. The molecule has 1 aromatic carbocycles. The van der Waals surface area contributed by atoms with Crippen LogP contribution < -0.4 is 10.2 Å². The number of hydrogen-bond acceptors (Lipinski definition) is 5. The van der Waals surface area contributed by atoms with Crippen molar-refractivity contribution in [1.29, 1.82) is 0 Å². The molecule has 9 heteroatoms. The Balaban J connectivity index is 0.00000150. The minimum absolute atomic E-state index is 0. The van der Waals surface area contributed by atoms with Crippen LogP contribution in [-0.4, -0.2) is 53.5 Å². The second-order valence-corrected chi connectivity index (χ2v) is 7.57. The number of nitrogens with zero attached hydrogens (tertiary/aromatic N) is 4. The van der Waals surface area contributed by atoms with Crippen molar-refractivity contribution in [3.05, 3.63) is 53.4 Å². The zero-order valence-electron chi connectivity index (χ0n) is 16.0. The van der Waals surface area contributed by atoms with Crippen LogP contribution in [0.5, 0.6) is 0 Å². The maximum atomic E-state index is 13.3. The van der Waals surface area contributed by atoms with Crippen molar-refractivity contribution < 1.29 is 4.79 Å². The summed E-state index contributed by atoms with van der Waals surface area (Å²) in [5.41, 5.74) is 1.10. The van der Waals surface area contributed by atoms with Gasteiger partial charge in [-0.2, -0.15) is 0 Å². The van der Waals surface area contributed by atoms with E-state index in [1.54, 1.807) is 18.6 Å². The number of hydrogen-bond donors (Lipinski definition) is 1. The van der Waals surface area contributed by atoms with E-state index in [0.29, 0.717) is 5.02 Å². The molecule has 2 fully saturated rings. The van der Waals surface area contributed by atoms with E-state index in [4.69, 9.17) is 11.6 Å².